The Morgan fingerprint density at radius 3 is 2.90 bits per heavy atom. The average molecular weight is 426 g/mol. The summed E-state index contributed by atoms with van der Waals surface area (Å²) in [6.07, 6.45) is 7.72. The molecule has 1 aliphatic rings. The molecule has 0 spiro atoms. The number of pyridine rings is 1. The van der Waals surface area contributed by atoms with Crippen molar-refractivity contribution >= 4 is 16.9 Å². The summed E-state index contributed by atoms with van der Waals surface area (Å²) in [6.45, 7) is 7.07. The van der Waals surface area contributed by atoms with Crippen LogP contribution in [0.15, 0.2) is 24.5 Å². The van der Waals surface area contributed by atoms with Gasteiger partial charge in [0.2, 0.25) is 0 Å². The molecule has 8 nitrogen and oxygen atoms in total. The molecule has 1 N–H and O–H groups in total. The molecule has 1 saturated heterocycles. The zero-order valence-electron chi connectivity index (χ0n) is 18.6. The van der Waals surface area contributed by atoms with Crippen LogP contribution < -0.4 is 14.8 Å². The van der Waals surface area contributed by atoms with E-state index in [9.17, 15) is 0 Å². The molecule has 4 rings (SSSR count). The Kier molecular flexibility index (Phi) is 6.86. The number of anilines is 1. The van der Waals surface area contributed by atoms with Crippen LogP contribution in [-0.4, -0.2) is 52.5 Å². The van der Waals surface area contributed by atoms with Gasteiger partial charge in [0.1, 0.15) is 17.4 Å². The van der Waals surface area contributed by atoms with E-state index in [1.807, 2.05) is 18.3 Å². The smallest absolute Gasteiger partial charge is 0.179 e. The second-order valence-electron chi connectivity index (χ2n) is 7.73. The van der Waals surface area contributed by atoms with Gasteiger partial charge in [0, 0.05) is 31.6 Å². The minimum Gasteiger partial charge on any atom is -0.491 e. The summed E-state index contributed by atoms with van der Waals surface area (Å²) in [5.74, 6) is 3.06. The van der Waals surface area contributed by atoms with Crippen molar-refractivity contribution in [3.05, 3.63) is 36.0 Å². The summed E-state index contributed by atoms with van der Waals surface area (Å²) in [5.41, 5.74) is 2.82. The Morgan fingerprint density at radius 1 is 1.26 bits per heavy atom. The predicted octanol–water partition coefficient (Wildman–Crippen LogP) is 3.83. The molecule has 1 aliphatic heterocycles. The van der Waals surface area contributed by atoms with E-state index in [4.69, 9.17) is 24.2 Å². The van der Waals surface area contributed by atoms with Gasteiger partial charge >= 0.3 is 0 Å². The molecule has 4 heterocycles. The van der Waals surface area contributed by atoms with Crippen LogP contribution >= 0.6 is 0 Å². The van der Waals surface area contributed by atoms with Crippen LogP contribution in [0.4, 0.5) is 5.82 Å². The van der Waals surface area contributed by atoms with Gasteiger partial charge in [-0.25, -0.2) is 9.97 Å². The first-order chi connectivity index (χ1) is 15.2. The van der Waals surface area contributed by atoms with E-state index < -0.39 is 0 Å². The first-order valence-electron chi connectivity index (χ1n) is 11.1. The predicted molar refractivity (Wildman–Crippen MR) is 120 cm³/mol. The number of nitrogens with one attached hydrogen (secondary N) is 1. The van der Waals surface area contributed by atoms with Gasteiger partial charge in [0.25, 0.3) is 0 Å². The molecule has 0 bridgehead atoms. The molecule has 0 saturated carbocycles. The van der Waals surface area contributed by atoms with E-state index in [2.05, 4.69) is 28.7 Å². The number of aromatic nitrogens is 4. The van der Waals surface area contributed by atoms with Crippen LogP contribution in [0.5, 0.6) is 11.5 Å². The summed E-state index contributed by atoms with van der Waals surface area (Å²) in [7, 11) is 1.63. The summed E-state index contributed by atoms with van der Waals surface area (Å²) >= 11 is 0. The van der Waals surface area contributed by atoms with Crippen molar-refractivity contribution in [3.63, 3.8) is 0 Å². The Morgan fingerprint density at radius 2 is 2.16 bits per heavy atom. The highest BCUT2D eigenvalue weighted by Crippen LogP contribution is 2.30. The fourth-order valence-corrected chi connectivity index (χ4v) is 3.71. The summed E-state index contributed by atoms with van der Waals surface area (Å²) in [6, 6.07) is 3.99. The quantitative estimate of drug-likeness (QED) is 0.494. The molecule has 1 fully saturated rings. The molecule has 31 heavy (non-hydrogen) atoms. The van der Waals surface area contributed by atoms with Gasteiger partial charge in [-0.1, -0.05) is 20.3 Å². The van der Waals surface area contributed by atoms with Crippen molar-refractivity contribution in [1.82, 2.24) is 19.5 Å². The van der Waals surface area contributed by atoms with Crippen molar-refractivity contribution in [1.29, 1.82) is 0 Å². The number of nitrogens with zero attached hydrogens (tertiary/aromatic N) is 4. The highest BCUT2D eigenvalue weighted by Gasteiger charge is 2.20. The lowest BCUT2D eigenvalue weighted by atomic mass is 10.3. The minimum atomic E-state index is 0.0480. The van der Waals surface area contributed by atoms with Gasteiger partial charge in [-0.3, -0.25) is 4.98 Å². The maximum absolute atomic E-state index is 6.13. The van der Waals surface area contributed by atoms with Crippen molar-refractivity contribution in [2.75, 3.05) is 32.2 Å². The third-order valence-electron chi connectivity index (χ3n) is 5.42. The third kappa shape index (κ3) is 4.90. The molecule has 1 unspecified atom stereocenters. The van der Waals surface area contributed by atoms with E-state index >= 15 is 0 Å². The van der Waals surface area contributed by atoms with Crippen LogP contribution in [-0.2, 0) is 17.7 Å². The minimum absolute atomic E-state index is 0.0480. The van der Waals surface area contributed by atoms with E-state index in [-0.39, 0.29) is 6.10 Å². The van der Waals surface area contributed by atoms with E-state index in [0.717, 1.165) is 67.2 Å². The number of methoxy groups -OCH3 is 1. The number of hydrogen-bond donors (Lipinski definition) is 1. The molecule has 8 heteroatoms. The van der Waals surface area contributed by atoms with Crippen LogP contribution in [0.25, 0.3) is 11.0 Å². The molecule has 0 aliphatic carbocycles. The molecule has 1 atom stereocenters. The van der Waals surface area contributed by atoms with Gasteiger partial charge in [-0.15, -0.1) is 0 Å². The van der Waals surface area contributed by atoms with Gasteiger partial charge in [0.05, 0.1) is 44.3 Å². The van der Waals surface area contributed by atoms with Crippen LogP contribution in [0.1, 0.15) is 44.6 Å². The fraction of sp³-hybridized carbons (Fsp3) is 0.522. The van der Waals surface area contributed by atoms with Crippen molar-refractivity contribution in [2.24, 2.45) is 0 Å². The molecular weight excluding hydrogens is 394 g/mol. The molecule has 166 valence electrons. The van der Waals surface area contributed by atoms with Crippen LogP contribution in [0.2, 0.25) is 0 Å². The lowest BCUT2D eigenvalue weighted by Crippen LogP contribution is -2.16. The topological polar surface area (TPSA) is 83.3 Å². The number of fused-ring (bicyclic) bond motifs is 1. The van der Waals surface area contributed by atoms with Gasteiger partial charge < -0.3 is 24.1 Å². The van der Waals surface area contributed by atoms with Crippen molar-refractivity contribution in [2.45, 2.75) is 52.2 Å². The lowest BCUT2D eigenvalue weighted by molar-refractivity contribution is 0.138. The summed E-state index contributed by atoms with van der Waals surface area (Å²) < 4.78 is 19.1. The number of ether oxygens (including phenoxy) is 3. The Balaban J connectivity index is 1.63. The lowest BCUT2D eigenvalue weighted by Gasteiger charge is -2.16. The number of aryl methyl sites for hydroxylation is 1. The Hall–Kier alpha value is -2.87. The first kappa shape index (κ1) is 21.4. The standard InChI is InChI=1S/C23H31N5O3/c1-4-6-9-24-23-22-18(26-21(5-2)27-23)7-10-28(22)14-16-12-19(20(29-3)13-25-16)31-17-8-11-30-15-17/h7,10,12-13,17H,4-6,8-9,11,14-15H2,1-3H3,(H,24,26,27). The Bertz CT molecular complexity index is 1010. The Labute approximate surface area is 183 Å². The van der Waals surface area contributed by atoms with Crippen LogP contribution in [0, 0.1) is 0 Å². The number of unbranched alkanes of at least 4 members (excludes halogenated alkanes) is 1. The monoisotopic (exact) mass is 425 g/mol. The highest BCUT2D eigenvalue weighted by molar-refractivity contribution is 5.86. The zero-order valence-corrected chi connectivity index (χ0v) is 18.6. The molecular formula is C23H31N5O3. The first-order valence-corrected chi connectivity index (χ1v) is 11.1. The normalized spacial score (nSPS) is 16.0. The number of rotatable bonds is 10. The molecule has 0 amide bonds. The van der Waals surface area contributed by atoms with E-state index in [0.29, 0.717) is 24.7 Å². The maximum atomic E-state index is 6.13. The van der Waals surface area contributed by atoms with Gasteiger partial charge in [-0.05, 0) is 12.5 Å². The summed E-state index contributed by atoms with van der Waals surface area (Å²) in [5, 5.41) is 3.50. The van der Waals surface area contributed by atoms with Gasteiger partial charge in [-0.2, -0.15) is 0 Å². The average Bonchev–Trinajstić information content (AvgIpc) is 3.44. The molecule has 3 aromatic rings. The number of hydrogen-bond acceptors (Lipinski definition) is 7. The fourth-order valence-electron chi connectivity index (χ4n) is 3.71. The maximum Gasteiger partial charge on any atom is 0.179 e. The molecule has 0 aromatic carbocycles. The molecule has 3 aromatic heterocycles. The summed E-state index contributed by atoms with van der Waals surface area (Å²) in [4.78, 5) is 14.1. The SMILES string of the molecule is CCCCNc1nc(CC)nc2ccn(Cc3cc(OC4CCOC4)c(OC)cn3)c12. The van der Waals surface area contributed by atoms with Crippen LogP contribution in [0.3, 0.4) is 0 Å². The zero-order chi connectivity index (χ0) is 21.6. The molecule has 0 radical (unpaired) electrons. The second-order valence-corrected chi connectivity index (χ2v) is 7.73. The largest absolute Gasteiger partial charge is 0.491 e. The van der Waals surface area contributed by atoms with E-state index in [1.54, 1.807) is 13.3 Å². The van der Waals surface area contributed by atoms with Crippen molar-refractivity contribution in [3.8, 4) is 11.5 Å². The second kappa shape index (κ2) is 9.96. The highest BCUT2D eigenvalue weighted by atomic mass is 16.6. The van der Waals surface area contributed by atoms with E-state index in [1.165, 1.54) is 0 Å². The third-order valence-corrected chi connectivity index (χ3v) is 5.42. The van der Waals surface area contributed by atoms with Gasteiger partial charge in [0.15, 0.2) is 17.3 Å². The van der Waals surface area contributed by atoms with Crippen molar-refractivity contribution < 1.29 is 14.2 Å².